The van der Waals surface area contributed by atoms with Crippen LogP contribution in [0.1, 0.15) is 5.56 Å². The molecule has 2 N–H and O–H groups in total. The number of nitrogens with one attached hydrogen (secondary N) is 1. The number of benzene rings is 1. The number of urea groups is 1. The van der Waals surface area contributed by atoms with E-state index in [4.69, 9.17) is 5.11 Å². The number of hydrogen-bond acceptors (Lipinski definition) is 3. The number of hydrogen-bond donors (Lipinski definition) is 2. The zero-order chi connectivity index (χ0) is 15.4. The van der Waals surface area contributed by atoms with Crippen LogP contribution in [0.25, 0.3) is 0 Å². The average Bonchev–Trinajstić information content (AvgIpc) is 2.43. The number of carboxylic acids is 1. The number of nitrogens with zero attached hydrogens (tertiary/aromatic N) is 2. The monoisotopic (exact) mass is 291 g/mol. The molecule has 3 amide bonds. The first-order valence-electron chi connectivity index (χ1n) is 6.57. The van der Waals surface area contributed by atoms with Crippen molar-refractivity contribution in [2.75, 3.05) is 32.0 Å². The van der Waals surface area contributed by atoms with Crippen LogP contribution in [0.3, 0.4) is 0 Å². The maximum Gasteiger partial charge on any atom is 0.322 e. The van der Waals surface area contributed by atoms with Crippen molar-refractivity contribution in [1.29, 1.82) is 0 Å². The van der Waals surface area contributed by atoms with Crippen molar-refractivity contribution in [1.82, 2.24) is 9.80 Å². The van der Waals surface area contributed by atoms with Gasteiger partial charge in [-0.1, -0.05) is 18.2 Å². The molecule has 21 heavy (non-hydrogen) atoms. The predicted octanol–water partition coefficient (Wildman–Crippen LogP) is 0.620. The fourth-order valence-corrected chi connectivity index (χ4v) is 2.09. The fraction of sp³-hybridized carbons (Fsp3) is 0.357. The quantitative estimate of drug-likeness (QED) is 0.854. The van der Waals surface area contributed by atoms with Crippen molar-refractivity contribution >= 4 is 23.6 Å². The summed E-state index contributed by atoms with van der Waals surface area (Å²) in [5, 5.41) is 11.5. The molecule has 1 aromatic rings. The molecule has 0 saturated carbocycles. The fourth-order valence-electron chi connectivity index (χ4n) is 2.09. The van der Waals surface area contributed by atoms with Gasteiger partial charge in [-0.2, -0.15) is 0 Å². The van der Waals surface area contributed by atoms with E-state index >= 15 is 0 Å². The van der Waals surface area contributed by atoms with Gasteiger partial charge in [0.2, 0.25) is 5.91 Å². The van der Waals surface area contributed by atoms with E-state index in [1.807, 2.05) is 0 Å². The lowest BCUT2D eigenvalue weighted by Crippen LogP contribution is -2.51. The highest BCUT2D eigenvalue weighted by Crippen LogP contribution is 2.16. The summed E-state index contributed by atoms with van der Waals surface area (Å²) in [5.41, 5.74) is 0.982. The summed E-state index contributed by atoms with van der Waals surface area (Å²) in [4.78, 5) is 37.6. The van der Waals surface area contributed by atoms with Gasteiger partial charge >= 0.3 is 12.0 Å². The van der Waals surface area contributed by atoms with E-state index in [0.29, 0.717) is 24.3 Å². The largest absolute Gasteiger partial charge is 0.481 e. The Kier molecular flexibility index (Phi) is 4.42. The Morgan fingerprint density at radius 2 is 2.00 bits per heavy atom. The van der Waals surface area contributed by atoms with Crippen molar-refractivity contribution in [3.8, 4) is 0 Å². The van der Waals surface area contributed by atoms with E-state index in [1.165, 1.54) is 4.90 Å². The summed E-state index contributed by atoms with van der Waals surface area (Å²) in [7, 11) is 1.69. The molecule has 0 atom stereocenters. The Labute approximate surface area is 122 Å². The summed E-state index contributed by atoms with van der Waals surface area (Å²) >= 11 is 0. The van der Waals surface area contributed by atoms with Crippen molar-refractivity contribution in [2.24, 2.45) is 0 Å². The van der Waals surface area contributed by atoms with E-state index in [-0.39, 0.29) is 18.9 Å². The summed E-state index contributed by atoms with van der Waals surface area (Å²) in [5.74, 6) is -1.08. The van der Waals surface area contributed by atoms with E-state index in [9.17, 15) is 14.4 Å². The first kappa shape index (κ1) is 14.8. The van der Waals surface area contributed by atoms with Crippen LogP contribution in [-0.4, -0.2) is 59.5 Å². The normalized spacial score (nSPS) is 15.0. The predicted molar refractivity (Wildman–Crippen MR) is 76.0 cm³/mol. The van der Waals surface area contributed by atoms with E-state index in [2.05, 4.69) is 5.32 Å². The number of carboxylic acid groups (broad SMARTS) is 1. The van der Waals surface area contributed by atoms with Gasteiger partial charge in [-0.05, 0) is 11.6 Å². The van der Waals surface area contributed by atoms with Crippen LogP contribution in [0.4, 0.5) is 10.5 Å². The van der Waals surface area contributed by atoms with Gasteiger partial charge in [0.05, 0.1) is 6.42 Å². The third-order valence-corrected chi connectivity index (χ3v) is 3.35. The minimum atomic E-state index is -0.966. The number of piperazine rings is 1. The summed E-state index contributed by atoms with van der Waals surface area (Å²) < 4.78 is 0. The molecule has 1 aromatic carbocycles. The molecule has 0 unspecified atom stereocenters. The molecule has 0 spiro atoms. The van der Waals surface area contributed by atoms with Crippen molar-refractivity contribution in [2.45, 2.75) is 6.42 Å². The molecule has 0 radical (unpaired) electrons. The van der Waals surface area contributed by atoms with Gasteiger partial charge in [0.15, 0.2) is 0 Å². The van der Waals surface area contributed by atoms with E-state index in [0.717, 1.165) is 0 Å². The lowest BCUT2D eigenvalue weighted by molar-refractivity contribution is -0.136. The third kappa shape index (κ3) is 3.71. The molecule has 7 heteroatoms. The lowest BCUT2D eigenvalue weighted by Gasteiger charge is -2.32. The second kappa shape index (κ2) is 6.25. The topological polar surface area (TPSA) is 89.9 Å². The Balaban J connectivity index is 2.06. The molecule has 112 valence electrons. The number of amides is 3. The van der Waals surface area contributed by atoms with Crippen LogP contribution in [0.2, 0.25) is 0 Å². The zero-order valence-corrected chi connectivity index (χ0v) is 11.7. The number of rotatable bonds is 3. The molecule has 2 rings (SSSR count). The van der Waals surface area contributed by atoms with Gasteiger partial charge in [-0.15, -0.1) is 0 Å². The Bertz CT molecular complexity index is 573. The van der Waals surface area contributed by atoms with Gasteiger partial charge in [-0.25, -0.2) is 4.79 Å². The van der Waals surface area contributed by atoms with Gasteiger partial charge in [-0.3, -0.25) is 9.59 Å². The SMILES string of the molecule is CN1CCN(C(=O)Nc2ccccc2CC(=O)O)CC1=O. The van der Waals surface area contributed by atoms with Crippen molar-refractivity contribution in [3.63, 3.8) is 0 Å². The minimum Gasteiger partial charge on any atom is -0.481 e. The molecule has 7 nitrogen and oxygen atoms in total. The Morgan fingerprint density at radius 1 is 1.29 bits per heavy atom. The lowest BCUT2D eigenvalue weighted by atomic mass is 10.1. The highest BCUT2D eigenvalue weighted by molar-refractivity contribution is 5.94. The van der Waals surface area contributed by atoms with Crippen LogP contribution in [0.15, 0.2) is 24.3 Å². The van der Waals surface area contributed by atoms with Crippen LogP contribution in [0.5, 0.6) is 0 Å². The number of carbonyl (C=O) groups excluding carboxylic acids is 2. The van der Waals surface area contributed by atoms with Crippen LogP contribution in [0, 0.1) is 0 Å². The summed E-state index contributed by atoms with van der Waals surface area (Å²) in [6.45, 7) is 0.974. The van der Waals surface area contributed by atoms with Crippen molar-refractivity contribution < 1.29 is 19.5 Å². The molecule has 1 aliphatic heterocycles. The molecule has 1 aliphatic rings. The number of para-hydroxylation sites is 1. The van der Waals surface area contributed by atoms with Crippen LogP contribution >= 0.6 is 0 Å². The molecule has 1 saturated heterocycles. The second-order valence-corrected chi connectivity index (χ2v) is 4.89. The minimum absolute atomic E-state index is 0.0312. The van der Waals surface area contributed by atoms with Gasteiger partial charge in [0.25, 0.3) is 0 Å². The standard InChI is InChI=1S/C14H17N3O4/c1-16-6-7-17(9-12(16)18)14(21)15-11-5-3-2-4-10(11)8-13(19)20/h2-5H,6-9H2,1H3,(H,15,21)(H,19,20). The molecular weight excluding hydrogens is 274 g/mol. The number of likely N-dealkylation sites (N-methyl/N-ethyl adjacent to an activating group) is 1. The highest BCUT2D eigenvalue weighted by atomic mass is 16.4. The third-order valence-electron chi connectivity index (χ3n) is 3.35. The molecule has 0 aromatic heterocycles. The molecule has 0 aliphatic carbocycles. The van der Waals surface area contributed by atoms with Gasteiger partial charge in [0.1, 0.15) is 6.54 Å². The molecular formula is C14H17N3O4. The average molecular weight is 291 g/mol. The maximum absolute atomic E-state index is 12.2. The summed E-state index contributed by atoms with van der Waals surface area (Å²) in [6.07, 6.45) is -0.169. The Hall–Kier alpha value is -2.57. The number of anilines is 1. The van der Waals surface area contributed by atoms with Crippen LogP contribution < -0.4 is 5.32 Å². The van der Waals surface area contributed by atoms with Crippen molar-refractivity contribution in [3.05, 3.63) is 29.8 Å². The summed E-state index contributed by atoms with van der Waals surface area (Å²) in [6, 6.07) is 6.34. The first-order valence-corrected chi connectivity index (χ1v) is 6.57. The first-order chi connectivity index (χ1) is 9.97. The van der Waals surface area contributed by atoms with Gasteiger partial charge in [0, 0.05) is 25.8 Å². The number of carbonyl (C=O) groups is 3. The van der Waals surface area contributed by atoms with E-state index in [1.54, 1.807) is 36.2 Å². The van der Waals surface area contributed by atoms with E-state index < -0.39 is 12.0 Å². The van der Waals surface area contributed by atoms with Gasteiger partial charge < -0.3 is 20.2 Å². The molecule has 1 heterocycles. The smallest absolute Gasteiger partial charge is 0.322 e. The maximum atomic E-state index is 12.2. The van der Waals surface area contributed by atoms with Crippen LogP contribution in [-0.2, 0) is 16.0 Å². The molecule has 0 bridgehead atoms. The Morgan fingerprint density at radius 3 is 2.67 bits per heavy atom. The zero-order valence-electron chi connectivity index (χ0n) is 11.7. The molecule has 1 fully saturated rings. The number of aliphatic carboxylic acids is 1. The highest BCUT2D eigenvalue weighted by Gasteiger charge is 2.25. The second-order valence-electron chi connectivity index (χ2n) is 4.89.